The molecule has 0 atom stereocenters. The number of primary amides is 1. The fourth-order valence-corrected chi connectivity index (χ4v) is 1.87. The Morgan fingerprint density at radius 3 is 2.60 bits per heavy atom. The first kappa shape index (κ1) is 14.1. The average Bonchev–Trinajstić information content (AvgIpc) is 2.38. The summed E-state index contributed by atoms with van der Waals surface area (Å²) in [7, 11) is 0. The van der Waals surface area contributed by atoms with Gasteiger partial charge in [0.2, 0.25) is 0 Å². The SMILES string of the molecule is NC(=O)C1=CCN(Cc2ccccc2C(F)(F)F)C=N1. The number of hydrogen-bond donors (Lipinski definition) is 1. The first-order valence-corrected chi connectivity index (χ1v) is 5.81. The first-order chi connectivity index (χ1) is 9.38. The van der Waals surface area contributed by atoms with E-state index in [0.717, 1.165) is 6.07 Å². The molecule has 0 fully saturated rings. The van der Waals surface area contributed by atoms with Gasteiger partial charge in [0.1, 0.15) is 5.70 Å². The second-order valence-corrected chi connectivity index (χ2v) is 4.28. The number of hydrogen-bond acceptors (Lipinski definition) is 3. The van der Waals surface area contributed by atoms with Crippen LogP contribution in [0.1, 0.15) is 11.1 Å². The number of carbonyl (C=O) groups is 1. The number of alkyl halides is 3. The zero-order valence-electron chi connectivity index (χ0n) is 10.4. The summed E-state index contributed by atoms with van der Waals surface area (Å²) < 4.78 is 38.5. The third-order valence-corrected chi connectivity index (χ3v) is 2.83. The Bertz CT molecular complexity index is 578. The maximum absolute atomic E-state index is 12.8. The van der Waals surface area contributed by atoms with Crippen LogP contribution in [-0.2, 0) is 17.5 Å². The standard InChI is InChI=1S/C13H12F3N3O/c14-13(15,16)10-4-2-1-3-9(10)7-19-6-5-11(12(17)20)18-8-19/h1-5,8H,6-7H2,(H2,17,20). The van der Waals surface area contributed by atoms with Crippen molar-refractivity contribution in [3.63, 3.8) is 0 Å². The Balaban J connectivity index is 2.14. The minimum atomic E-state index is -4.39. The van der Waals surface area contributed by atoms with E-state index < -0.39 is 17.6 Å². The van der Waals surface area contributed by atoms with Crippen molar-refractivity contribution in [3.8, 4) is 0 Å². The molecule has 1 heterocycles. The van der Waals surface area contributed by atoms with Crippen LogP contribution >= 0.6 is 0 Å². The van der Waals surface area contributed by atoms with Crippen molar-refractivity contribution in [2.45, 2.75) is 12.7 Å². The van der Waals surface area contributed by atoms with E-state index in [2.05, 4.69) is 4.99 Å². The van der Waals surface area contributed by atoms with E-state index in [9.17, 15) is 18.0 Å². The summed E-state index contributed by atoms with van der Waals surface area (Å²) in [5, 5.41) is 0. The minimum absolute atomic E-state index is 0.0573. The van der Waals surface area contributed by atoms with Gasteiger partial charge in [-0.25, -0.2) is 4.99 Å². The van der Waals surface area contributed by atoms with Gasteiger partial charge in [0.05, 0.1) is 11.9 Å². The Morgan fingerprint density at radius 2 is 2.05 bits per heavy atom. The van der Waals surface area contributed by atoms with Crippen molar-refractivity contribution in [3.05, 3.63) is 47.2 Å². The second kappa shape index (κ2) is 5.36. The third kappa shape index (κ3) is 3.17. The van der Waals surface area contributed by atoms with Gasteiger partial charge in [-0.1, -0.05) is 18.2 Å². The number of nitrogens with two attached hydrogens (primary N) is 1. The lowest BCUT2D eigenvalue weighted by atomic mass is 10.1. The molecule has 0 aliphatic carbocycles. The molecule has 0 unspecified atom stereocenters. The number of aliphatic imine (C=N–C) groups is 1. The van der Waals surface area contributed by atoms with Gasteiger partial charge in [0.25, 0.3) is 5.91 Å². The fourth-order valence-electron chi connectivity index (χ4n) is 1.87. The molecule has 7 heteroatoms. The molecule has 1 aromatic rings. The maximum Gasteiger partial charge on any atom is 0.416 e. The molecule has 0 radical (unpaired) electrons. The molecule has 0 saturated heterocycles. The van der Waals surface area contributed by atoms with E-state index in [1.165, 1.54) is 24.5 Å². The van der Waals surface area contributed by atoms with Crippen molar-refractivity contribution in [2.75, 3.05) is 6.54 Å². The normalized spacial score (nSPS) is 15.2. The van der Waals surface area contributed by atoms with Gasteiger partial charge in [-0.3, -0.25) is 4.79 Å². The highest BCUT2D eigenvalue weighted by molar-refractivity contribution is 5.93. The predicted molar refractivity (Wildman–Crippen MR) is 67.6 cm³/mol. The van der Waals surface area contributed by atoms with Crippen LogP contribution in [0.2, 0.25) is 0 Å². The zero-order chi connectivity index (χ0) is 14.8. The van der Waals surface area contributed by atoms with Crippen LogP contribution in [0.4, 0.5) is 13.2 Å². The van der Waals surface area contributed by atoms with Crippen LogP contribution in [0, 0.1) is 0 Å². The molecular weight excluding hydrogens is 271 g/mol. The molecule has 0 aromatic heterocycles. The molecule has 20 heavy (non-hydrogen) atoms. The van der Waals surface area contributed by atoms with Gasteiger partial charge in [0, 0.05) is 13.1 Å². The summed E-state index contributed by atoms with van der Waals surface area (Å²) in [4.78, 5) is 16.2. The molecule has 1 aromatic carbocycles. The number of halogens is 3. The predicted octanol–water partition coefficient (Wildman–Crippen LogP) is 1.92. The van der Waals surface area contributed by atoms with Gasteiger partial charge in [-0.2, -0.15) is 13.2 Å². The highest BCUT2D eigenvalue weighted by Gasteiger charge is 2.33. The Morgan fingerprint density at radius 1 is 1.35 bits per heavy atom. The first-order valence-electron chi connectivity index (χ1n) is 5.81. The summed E-state index contributed by atoms with van der Waals surface area (Å²) in [5.41, 5.74) is 4.66. The number of nitrogens with zero attached hydrogens (tertiary/aromatic N) is 2. The molecular formula is C13H12F3N3O. The molecule has 2 rings (SSSR count). The molecule has 1 aliphatic rings. The molecule has 2 N–H and O–H groups in total. The van der Waals surface area contributed by atoms with E-state index >= 15 is 0 Å². The lowest BCUT2D eigenvalue weighted by molar-refractivity contribution is -0.138. The monoisotopic (exact) mass is 283 g/mol. The molecule has 4 nitrogen and oxygen atoms in total. The van der Waals surface area contributed by atoms with Crippen LogP contribution in [-0.4, -0.2) is 23.7 Å². The summed E-state index contributed by atoms with van der Waals surface area (Å²) in [6, 6.07) is 5.36. The molecule has 0 saturated carbocycles. The Labute approximate surface area is 113 Å². The van der Waals surface area contributed by atoms with E-state index in [-0.39, 0.29) is 24.4 Å². The highest BCUT2D eigenvalue weighted by atomic mass is 19.4. The van der Waals surface area contributed by atoms with Gasteiger partial charge >= 0.3 is 6.18 Å². The third-order valence-electron chi connectivity index (χ3n) is 2.83. The minimum Gasteiger partial charge on any atom is -0.364 e. The smallest absolute Gasteiger partial charge is 0.364 e. The van der Waals surface area contributed by atoms with Gasteiger partial charge in [0.15, 0.2) is 0 Å². The second-order valence-electron chi connectivity index (χ2n) is 4.28. The highest BCUT2D eigenvalue weighted by Crippen LogP contribution is 2.32. The topological polar surface area (TPSA) is 58.7 Å². The van der Waals surface area contributed by atoms with Gasteiger partial charge in [-0.05, 0) is 17.7 Å². The summed E-state index contributed by atoms with van der Waals surface area (Å²) in [5.74, 6) is -0.656. The largest absolute Gasteiger partial charge is 0.416 e. The van der Waals surface area contributed by atoms with Crippen molar-refractivity contribution < 1.29 is 18.0 Å². The summed E-state index contributed by atoms with van der Waals surface area (Å²) >= 11 is 0. The zero-order valence-corrected chi connectivity index (χ0v) is 10.4. The quantitative estimate of drug-likeness (QED) is 0.921. The molecule has 1 amide bonds. The van der Waals surface area contributed by atoms with E-state index in [4.69, 9.17) is 5.73 Å². The molecule has 0 bridgehead atoms. The van der Waals surface area contributed by atoms with Crippen LogP contribution < -0.4 is 5.73 Å². The maximum atomic E-state index is 12.8. The number of benzene rings is 1. The van der Waals surface area contributed by atoms with Gasteiger partial charge in [-0.15, -0.1) is 0 Å². The van der Waals surface area contributed by atoms with E-state index in [0.29, 0.717) is 0 Å². The Kier molecular flexibility index (Phi) is 3.78. The number of rotatable bonds is 3. The summed E-state index contributed by atoms with van der Waals surface area (Å²) in [6.07, 6.45) is -1.58. The number of carbonyl (C=O) groups excluding carboxylic acids is 1. The van der Waals surface area contributed by atoms with Crippen molar-refractivity contribution in [2.24, 2.45) is 10.7 Å². The fraction of sp³-hybridized carbons (Fsp3) is 0.231. The van der Waals surface area contributed by atoms with Crippen molar-refractivity contribution in [1.82, 2.24) is 4.90 Å². The lowest BCUT2D eigenvalue weighted by Gasteiger charge is -2.23. The lowest BCUT2D eigenvalue weighted by Crippen LogP contribution is -2.28. The van der Waals surface area contributed by atoms with Crippen molar-refractivity contribution >= 4 is 12.2 Å². The Hall–Kier alpha value is -2.31. The van der Waals surface area contributed by atoms with Crippen LogP contribution in [0.3, 0.4) is 0 Å². The van der Waals surface area contributed by atoms with Crippen LogP contribution in [0.25, 0.3) is 0 Å². The molecule has 106 valence electrons. The molecule has 0 spiro atoms. The van der Waals surface area contributed by atoms with Gasteiger partial charge < -0.3 is 10.6 Å². The van der Waals surface area contributed by atoms with Crippen molar-refractivity contribution in [1.29, 1.82) is 0 Å². The summed E-state index contributed by atoms with van der Waals surface area (Å²) in [6.45, 7) is 0.343. The number of amides is 1. The van der Waals surface area contributed by atoms with E-state index in [1.54, 1.807) is 11.0 Å². The van der Waals surface area contributed by atoms with E-state index in [1.807, 2.05) is 0 Å². The molecule has 1 aliphatic heterocycles. The van der Waals surface area contributed by atoms with Crippen LogP contribution in [0.15, 0.2) is 41.0 Å². The van der Waals surface area contributed by atoms with Crippen LogP contribution in [0.5, 0.6) is 0 Å². The average molecular weight is 283 g/mol.